The Kier molecular flexibility index (Phi) is 4.99. The summed E-state index contributed by atoms with van der Waals surface area (Å²) in [6.07, 6.45) is 2.73. The summed E-state index contributed by atoms with van der Waals surface area (Å²) in [5.74, 6) is 0.765. The highest BCUT2D eigenvalue weighted by atomic mass is 32.1. The number of aromatic hydroxyl groups is 1. The first-order valence-corrected chi connectivity index (χ1v) is 10.0. The van der Waals surface area contributed by atoms with E-state index in [-0.39, 0.29) is 22.3 Å². The van der Waals surface area contributed by atoms with Crippen LogP contribution < -0.4 is 15.6 Å². The molecule has 0 fully saturated rings. The molecule has 0 saturated heterocycles. The summed E-state index contributed by atoms with van der Waals surface area (Å²) < 4.78 is 7.26. The fourth-order valence-corrected chi connectivity index (χ4v) is 4.33. The highest BCUT2D eigenvalue weighted by Gasteiger charge is 2.34. The minimum Gasteiger partial charge on any atom is -0.497 e. The molecule has 8 heteroatoms. The first-order chi connectivity index (χ1) is 13.5. The molecule has 0 amide bonds. The van der Waals surface area contributed by atoms with Crippen LogP contribution in [0.25, 0.3) is 10.9 Å². The van der Waals surface area contributed by atoms with Gasteiger partial charge >= 0.3 is 0 Å². The lowest BCUT2D eigenvalue weighted by Gasteiger charge is -2.22. The number of quaternary nitrogens is 1. The van der Waals surface area contributed by atoms with Gasteiger partial charge in [-0.05, 0) is 42.4 Å². The molecule has 2 aromatic heterocycles. The predicted octanol–water partition coefficient (Wildman–Crippen LogP) is 2.11. The molecule has 7 nitrogen and oxygen atoms in total. The molecule has 1 aliphatic rings. The van der Waals surface area contributed by atoms with Gasteiger partial charge in [0.2, 0.25) is 5.88 Å². The maximum atomic E-state index is 12.8. The zero-order valence-corrected chi connectivity index (χ0v) is 16.9. The van der Waals surface area contributed by atoms with Crippen LogP contribution in [0, 0.1) is 4.77 Å². The van der Waals surface area contributed by atoms with E-state index in [1.54, 1.807) is 11.7 Å². The second kappa shape index (κ2) is 7.44. The second-order valence-electron chi connectivity index (χ2n) is 7.18. The Morgan fingerprint density at radius 3 is 2.96 bits per heavy atom. The quantitative estimate of drug-likeness (QED) is 0.492. The van der Waals surface area contributed by atoms with Crippen molar-refractivity contribution in [3.05, 3.63) is 50.1 Å². The molecule has 5 N–H and O–H groups in total. The van der Waals surface area contributed by atoms with Gasteiger partial charge in [-0.25, -0.2) is 0 Å². The number of rotatable bonds is 5. The molecule has 0 saturated carbocycles. The Morgan fingerprint density at radius 1 is 1.39 bits per heavy atom. The van der Waals surface area contributed by atoms with E-state index in [0.29, 0.717) is 12.1 Å². The number of unbranched alkanes of at least 4 members (excludes halogenated alkanes) is 1. The van der Waals surface area contributed by atoms with Crippen LogP contribution in [0.2, 0.25) is 0 Å². The monoisotopic (exact) mass is 401 g/mol. The predicted molar refractivity (Wildman–Crippen MR) is 110 cm³/mol. The normalized spacial score (nSPS) is 16.3. The number of nitrogens with one attached hydrogen (secondary N) is 2. The van der Waals surface area contributed by atoms with E-state index >= 15 is 0 Å². The third-order valence-corrected chi connectivity index (χ3v) is 5.83. The van der Waals surface area contributed by atoms with E-state index in [9.17, 15) is 9.90 Å². The van der Waals surface area contributed by atoms with Crippen molar-refractivity contribution in [2.24, 2.45) is 0 Å². The summed E-state index contributed by atoms with van der Waals surface area (Å²) in [5, 5.41) is 14.1. The number of nitrogens with zero attached hydrogens (tertiary/aromatic N) is 1. The fourth-order valence-electron chi connectivity index (χ4n) is 4.06. The van der Waals surface area contributed by atoms with E-state index < -0.39 is 0 Å². The molecule has 28 heavy (non-hydrogen) atoms. The molecule has 148 valence electrons. The van der Waals surface area contributed by atoms with Crippen LogP contribution in [0.4, 0.5) is 0 Å². The van der Waals surface area contributed by atoms with Gasteiger partial charge in [-0.15, -0.1) is 0 Å². The van der Waals surface area contributed by atoms with Crippen molar-refractivity contribution in [3.63, 3.8) is 0 Å². The maximum absolute atomic E-state index is 12.8. The lowest BCUT2D eigenvalue weighted by Crippen LogP contribution is -2.87. The van der Waals surface area contributed by atoms with Crippen molar-refractivity contribution >= 4 is 23.1 Å². The minimum absolute atomic E-state index is 0.0347. The van der Waals surface area contributed by atoms with Gasteiger partial charge in [-0.3, -0.25) is 14.3 Å². The summed E-state index contributed by atoms with van der Waals surface area (Å²) >= 11 is 5.27. The number of hydrogen-bond acceptors (Lipinski definition) is 4. The van der Waals surface area contributed by atoms with Crippen LogP contribution in [0.3, 0.4) is 0 Å². The molecule has 4 rings (SSSR count). The molecular formula is C20H25N4O3S+. The molecule has 0 bridgehead atoms. The minimum atomic E-state index is -0.333. The van der Waals surface area contributed by atoms with Crippen molar-refractivity contribution in [1.29, 1.82) is 0 Å². The van der Waals surface area contributed by atoms with E-state index in [4.69, 9.17) is 17.0 Å². The van der Waals surface area contributed by atoms with Crippen LogP contribution in [-0.2, 0) is 13.0 Å². The molecule has 0 aliphatic carbocycles. The Bertz CT molecular complexity index is 1140. The SMILES string of the molecule is CCCCn1c(O)c([C@@H]2[NH2+]CCc3c2[nH]c2ccc(OC)cc32)c(=O)[nH]c1=S. The largest absolute Gasteiger partial charge is 0.497 e. The lowest BCUT2D eigenvalue weighted by molar-refractivity contribution is -0.690. The van der Waals surface area contributed by atoms with Gasteiger partial charge in [0.1, 0.15) is 11.3 Å². The Morgan fingerprint density at radius 2 is 2.21 bits per heavy atom. The topological polar surface area (TPSA) is 99.6 Å². The standard InChI is InChI=1S/C20H24N4O3S/c1-3-4-9-24-19(26)15(18(25)23-20(24)28)17-16-12(7-8-21-17)13-10-11(27-2)5-6-14(13)22-16/h5-6,10,17,21-22,26H,3-4,7-9H2,1-2H3,(H,23,25,28)/p+1/t17-/m0/s1. The smallest absolute Gasteiger partial charge is 0.265 e. The van der Waals surface area contributed by atoms with Gasteiger partial charge in [0.05, 0.1) is 19.3 Å². The van der Waals surface area contributed by atoms with E-state index in [1.807, 2.05) is 18.2 Å². The van der Waals surface area contributed by atoms with Gasteiger partial charge < -0.3 is 20.1 Å². The Hall–Kier alpha value is -2.58. The number of H-pyrrole nitrogens is 2. The zero-order chi connectivity index (χ0) is 19.8. The van der Waals surface area contributed by atoms with E-state index in [1.165, 1.54) is 5.56 Å². The molecular weight excluding hydrogens is 376 g/mol. The first-order valence-electron chi connectivity index (χ1n) is 9.63. The number of fused-ring (bicyclic) bond motifs is 3. The summed E-state index contributed by atoms with van der Waals surface area (Å²) in [6, 6.07) is 5.61. The molecule has 3 aromatic rings. The van der Waals surface area contributed by atoms with Crippen molar-refractivity contribution in [3.8, 4) is 11.6 Å². The fraction of sp³-hybridized carbons (Fsp3) is 0.400. The highest BCUT2D eigenvalue weighted by molar-refractivity contribution is 7.71. The lowest BCUT2D eigenvalue weighted by atomic mass is 9.95. The maximum Gasteiger partial charge on any atom is 0.265 e. The van der Waals surface area contributed by atoms with Crippen molar-refractivity contribution in [2.75, 3.05) is 13.7 Å². The molecule has 0 unspecified atom stereocenters. The van der Waals surface area contributed by atoms with Crippen LogP contribution >= 0.6 is 12.2 Å². The van der Waals surface area contributed by atoms with E-state index in [0.717, 1.165) is 48.2 Å². The summed E-state index contributed by atoms with van der Waals surface area (Å²) in [7, 11) is 1.65. The number of nitrogens with two attached hydrogens (primary N) is 1. The molecule has 1 aromatic carbocycles. The number of aromatic amines is 2. The van der Waals surface area contributed by atoms with Crippen LogP contribution in [0.1, 0.15) is 42.6 Å². The van der Waals surface area contributed by atoms with Gasteiger partial charge in [-0.2, -0.15) is 0 Å². The van der Waals surface area contributed by atoms with Crippen LogP contribution in [0.5, 0.6) is 11.6 Å². The van der Waals surface area contributed by atoms with Crippen molar-refractivity contribution < 1.29 is 15.2 Å². The molecule has 3 heterocycles. The Labute approximate surface area is 167 Å². The molecule has 0 spiro atoms. The van der Waals surface area contributed by atoms with Gasteiger partial charge in [0.25, 0.3) is 5.56 Å². The number of hydrogen-bond donors (Lipinski definition) is 4. The molecule has 1 aliphatic heterocycles. The third-order valence-electron chi connectivity index (χ3n) is 5.51. The van der Waals surface area contributed by atoms with Crippen LogP contribution in [0.15, 0.2) is 23.0 Å². The summed E-state index contributed by atoms with van der Waals surface area (Å²) in [6.45, 7) is 3.48. The van der Waals surface area contributed by atoms with E-state index in [2.05, 4.69) is 22.2 Å². The first kappa shape index (κ1) is 18.8. The van der Waals surface area contributed by atoms with Crippen molar-refractivity contribution in [2.45, 2.75) is 38.8 Å². The zero-order valence-electron chi connectivity index (χ0n) is 16.0. The second-order valence-corrected chi connectivity index (χ2v) is 7.57. The summed E-state index contributed by atoms with van der Waals surface area (Å²) in [5.41, 5.74) is 3.14. The third kappa shape index (κ3) is 3.02. The van der Waals surface area contributed by atoms with Gasteiger partial charge in [0.15, 0.2) is 10.8 Å². The van der Waals surface area contributed by atoms with Crippen LogP contribution in [-0.4, -0.2) is 33.3 Å². The number of aromatic nitrogens is 3. The van der Waals surface area contributed by atoms with Gasteiger partial charge in [0, 0.05) is 23.9 Å². The molecule has 1 atom stereocenters. The number of methoxy groups -OCH3 is 1. The average molecular weight is 402 g/mol. The summed E-state index contributed by atoms with van der Waals surface area (Å²) in [4.78, 5) is 19.0. The average Bonchev–Trinajstić information content (AvgIpc) is 3.06. The number of benzene rings is 1. The molecule has 0 radical (unpaired) electrons. The Balaban J connectivity index is 1.89. The number of ether oxygens (including phenoxy) is 1. The van der Waals surface area contributed by atoms with Crippen molar-refractivity contribution in [1.82, 2.24) is 14.5 Å². The van der Waals surface area contributed by atoms with Gasteiger partial charge in [-0.1, -0.05) is 13.3 Å². The highest BCUT2D eigenvalue weighted by Crippen LogP contribution is 2.34.